The van der Waals surface area contributed by atoms with Gasteiger partial charge < -0.3 is 20.5 Å². The molecule has 5 saturated carbocycles. The van der Waals surface area contributed by atoms with Crippen molar-refractivity contribution < 1.29 is 24.2 Å². The number of carbonyl (C=O) groups excluding carboxylic acids is 3. The van der Waals surface area contributed by atoms with Gasteiger partial charge in [-0.3, -0.25) is 9.59 Å². The SMILES string of the molecule is C=C(C)[C@@H]1CC[C@]2(C(=O)NCCCCCCCCC(=O)N[C@@H](C)C(=O)OC)CC[C@]3(C)[C@H](CC[C@@H]4[C@@]5(C)CC[C@H](O)C(C)(C)[C@@H]5CC[C@]43C)[C@@H]12. The first-order chi connectivity index (χ1) is 23.5. The highest BCUT2D eigenvalue weighted by atomic mass is 16.5. The van der Waals surface area contributed by atoms with Crippen LogP contribution in [0, 0.1) is 56.7 Å². The van der Waals surface area contributed by atoms with Crippen molar-refractivity contribution >= 4 is 17.8 Å². The van der Waals surface area contributed by atoms with Crippen molar-refractivity contribution in [2.45, 2.75) is 170 Å². The van der Waals surface area contributed by atoms with Gasteiger partial charge in [0, 0.05) is 13.0 Å². The van der Waals surface area contributed by atoms with Crippen LogP contribution in [0.4, 0.5) is 0 Å². The van der Waals surface area contributed by atoms with Gasteiger partial charge in [0.25, 0.3) is 0 Å². The van der Waals surface area contributed by atoms with Crippen molar-refractivity contribution in [2.75, 3.05) is 13.7 Å². The van der Waals surface area contributed by atoms with E-state index in [0.717, 1.165) is 83.6 Å². The number of hydrogen-bond acceptors (Lipinski definition) is 5. The summed E-state index contributed by atoms with van der Waals surface area (Å²) in [6.45, 7) is 21.7. The number of hydrogen-bond donors (Lipinski definition) is 3. The topological polar surface area (TPSA) is 105 Å². The number of esters is 1. The molecule has 0 unspecified atom stereocenters. The van der Waals surface area contributed by atoms with Crippen LogP contribution in [0.3, 0.4) is 0 Å². The van der Waals surface area contributed by atoms with Gasteiger partial charge >= 0.3 is 5.97 Å². The van der Waals surface area contributed by atoms with E-state index in [1.807, 2.05) is 0 Å². The maximum absolute atomic E-state index is 14.4. The summed E-state index contributed by atoms with van der Waals surface area (Å²) < 4.78 is 4.67. The standard InChI is InChI=1S/C43H72N2O5/c1-28(2)30-19-24-43(38(49)44-27-15-13-11-10-12-14-16-35(47)45-29(3)37(48)50-9)26-25-41(7)31(36(30)43)17-18-33-40(6)22-21-34(46)39(4,5)32(40)20-23-42(33,41)8/h29-34,36,46H,1,10-27H2,2-9H3,(H,44,49)(H,45,47)/t29-,30-,31+,32-,33+,34-,36+,40-,41+,42+,43-/m0/s1. The molecule has 0 aliphatic heterocycles. The number of ether oxygens (including phenoxy) is 1. The van der Waals surface area contributed by atoms with Crippen LogP contribution in [0.5, 0.6) is 0 Å². The van der Waals surface area contributed by atoms with Crippen LogP contribution in [0.25, 0.3) is 0 Å². The van der Waals surface area contributed by atoms with Crippen molar-refractivity contribution in [3.05, 3.63) is 12.2 Å². The quantitative estimate of drug-likeness (QED) is 0.102. The van der Waals surface area contributed by atoms with Gasteiger partial charge in [0.15, 0.2) is 0 Å². The number of fused-ring (bicyclic) bond motifs is 7. The number of allylic oxidation sites excluding steroid dienone is 1. The highest BCUT2D eigenvalue weighted by molar-refractivity contribution is 5.84. The zero-order valence-electron chi connectivity index (χ0n) is 33.1. The van der Waals surface area contributed by atoms with Gasteiger partial charge in [-0.2, -0.15) is 0 Å². The third-order valence-electron chi connectivity index (χ3n) is 16.5. The summed E-state index contributed by atoms with van der Waals surface area (Å²) in [5.41, 5.74) is 1.68. The Bertz CT molecular complexity index is 1280. The van der Waals surface area contributed by atoms with Crippen LogP contribution >= 0.6 is 0 Å². The second-order valence-corrected chi connectivity index (χ2v) is 19.2. The van der Waals surface area contributed by atoms with Crippen LogP contribution in [0.1, 0.15) is 158 Å². The molecule has 5 fully saturated rings. The lowest BCUT2D eigenvalue weighted by molar-refractivity contribution is -0.246. The summed E-state index contributed by atoms with van der Waals surface area (Å²) in [5.74, 6) is 2.35. The van der Waals surface area contributed by atoms with Gasteiger partial charge in [0.2, 0.25) is 11.8 Å². The molecular formula is C43H72N2O5. The number of nitrogens with one attached hydrogen (secondary N) is 2. The summed E-state index contributed by atoms with van der Waals surface area (Å²) in [4.78, 5) is 38.0. The fraction of sp³-hybridized carbons (Fsp3) is 0.884. The van der Waals surface area contributed by atoms with E-state index in [2.05, 4.69) is 63.5 Å². The van der Waals surface area contributed by atoms with E-state index in [-0.39, 0.29) is 39.1 Å². The monoisotopic (exact) mass is 697 g/mol. The van der Waals surface area contributed by atoms with Crippen LogP contribution in [0.15, 0.2) is 12.2 Å². The van der Waals surface area contributed by atoms with E-state index in [1.165, 1.54) is 38.4 Å². The predicted molar refractivity (Wildman–Crippen MR) is 200 cm³/mol. The Morgan fingerprint density at radius 2 is 1.50 bits per heavy atom. The number of aliphatic hydroxyl groups excluding tert-OH is 1. The second-order valence-electron chi connectivity index (χ2n) is 19.2. The highest BCUT2D eigenvalue weighted by Gasteiger charge is 2.71. The molecule has 0 aromatic rings. The summed E-state index contributed by atoms with van der Waals surface area (Å²) in [7, 11) is 1.33. The van der Waals surface area contributed by atoms with Gasteiger partial charge in [0.1, 0.15) is 6.04 Å². The first-order valence-corrected chi connectivity index (χ1v) is 20.5. The third-order valence-corrected chi connectivity index (χ3v) is 16.5. The number of rotatable bonds is 13. The first-order valence-electron chi connectivity index (χ1n) is 20.5. The van der Waals surface area contributed by atoms with Crippen molar-refractivity contribution in [3.63, 3.8) is 0 Å². The Hall–Kier alpha value is -1.89. The molecule has 2 amide bonds. The number of amides is 2. The average Bonchev–Trinajstić information content (AvgIpc) is 3.47. The maximum Gasteiger partial charge on any atom is 0.328 e. The molecule has 11 atom stereocenters. The lowest BCUT2D eigenvalue weighted by atomic mass is 9.32. The molecule has 7 heteroatoms. The molecule has 5 rings (SSSR count). The van der Waals surface area contributed by atoms with E-state index >= 15 is 0 Å². The zero-order valence-corrected chi connectivity index (χ0v) is 33.1. The van der Waals surface area contributed by atoms with E-state index in [0.29, 0.717) is 41.9 Å². The molecule has 0 aromatic heterocycles. The summed E-state index contributed by atoms with van der Waals surface area (Å²) >= 11 is 0. The Balaban J connectivity index is 1.17. The molecule has 5 aliphatic carbocycles. The molecule has 0 saturated heterocycles. The van der Waals surface area contributed by atoms with Gasteiger partial charge in [-0.15, -0.1) is 0 Å². The lowest BCUT2D eigenvalue weighted by Crippen LogP contribution is -2.67. The third kappa shape index (κ3) is 6.61. The van der Waals surface area contributed by atoms with Crippen LogP contribution in [0.2, 0.25) is 0 Å². The Kier molecular flexibility index (Phi) is 11.7. The minimum Gasteiger partial charge on any atom is -0.467 e. The molecule has 3 N–H and O–H groups in total. The van der Waals surface area contributed by atoms with E-state index in [4.69, 9.17) is 0 Å². The minimum atomic E-state index is -0.612. The van der Waals surface area contributed by atoms with Crippen molar-refractivity contribution in [3.8, 4) is 0 Å². The van der Waals surface area contributed by atoms with Crippen LogP contribution in [-0.4, -0.2) is 48.7 Å². The maximum atomic E-state index is 14.4. The molecule has 0 spiro atoms. The summed E-state index contributed by atoms with van der Waals surface area (Å²) in [5, 5.41) is 17.2. The predicted octanol–water partition coefficient (Wildman–Crippen LogP) is 8.53. The molecule has 5 aliphatic rings. The van der Waals surface area contributed by atoms with Gasteiger partial charge in [-0.25, -0.2) is 4.79 Å². The number of carbonyl (C=O) groups is 3. The first kappa shape index (κ1) is 39.3. The molecule has 0 radical (unpaired) electrons. The van der Waals surface area contributed by atoms with Crippen molar-refractivity contribution in [1.29, 1.82) is 0 Å². The molecule has 0 bridgehead atoms. The smallest absolute Gasteiger partial charge is 0.328 e. The number of methoxy groups -OCH3 is 1. The fourth-order valence-corrected chi connectivity index (χ4v) is 13.6. The Morgan fingerprint density at radius 1 is 0.820 bits per heavy atom. The molecule has 7 nitrogen and oxygen atoms in total. The van der Waals surface area contributed by atoms with Crippen LogP contribution in [-0.2, 0) is 19.1 Å². The van der Waals surface area contributed by atoms with E-state index in [1.54, 1.807) is 6.92 Å². The Labute approximate surface area is 304 Å². The molecule has 0 heterocycles. The number of unbranched alkanes of at least 4 members (excludes halogenated alkanes) is 5. The lowest BCUT2D eigenvalue weighted by Gasteiger charge is -2.72. The van der Waals surface area contributed by atoms with Crippen molar-refractivity contribution in [1.82, 2.24) is 10.6 Å². The second kappa shape index (κ2) is 14.9. The van der Waals surface area contributed by atoms with Gasteiger partial charge in [0.05, 0.1) is 18.6 Å². The van der Waals surface area contributed by atoms with Gasteiger partial charge in [-0.1, -0.05) is 72.5 Å². The molecular weight excluding hydrogens is 624 g/mol. The van der Waals surface area contributed by atoms with Crippen molar-refractivity contribution in [2.24, 2.45) is 56.7 Å². The fourth-order valence-electron chi connectivity index (χ4n) is 13.6. The van der Waals surface area contributed by atoms with E-state index in [9.17, 15) is 19.5 Å². The molecule has 50 heavy (non-hydrogen) atoms. The van der Waals surface area contributed by atoms with Crippen LogP contribution < -0.4 is 10.6 Å². The number of aliphatic hydroxyl groups is 1. The Morgan fingerprint density at radius 3 is 2.18 bits per heavy atom. The van der Waals surface area contributed by atoms with E-state index < -0.39 is 12.0 Å². The molecule has 284 valence electrons. The zero-order chi connectivity index (χ0) is 36.7. The van der Waals surface area contributed by atoms with Gasteiger partial charge in [-0.05, 0) is 142 Å². The average molecular weight is 697 g/mol. The highest BCUT2D eigenvalue weighted by Crippen LogP contribution is 2.77. The normalized spacial score (nSPS) is 40.7. The summed E-state index contributed by atoms with van der Waals surface area (Å²) in [6.07, 6.45) is 17.5. The largest absolute Gasteiger partial charge is 0.467 e. The minimum absolute atomic E-state index is 0.0346. The summed E-state index contributed by atoms with van der Waals surface area (Å²) in [6, 6.07) is -0.612. The molecule has 0 aromatic carbocycles.